The van der Waals surface area contributed by atoms with Crippen LogP contribution in [0.25, 0.3) is 10.9 Å². The van der Waals surface area contributed by atoms with E-state index < -0.39 is 0 Å². The second kappa shape index (κ2) is 3.52. The van der Waals surface area contributed by atoms with Gasteiger partial charge in [-0.3, -0.25) is 0 Å². The third kappa shape index (κ3) is 1.38. The van der Waals surface area contributed by atoms with Crippen LogP contribution in [0.2, 0.25) is 0 Å². The predicted molar refractivity (Wildman–Crippen MR) is 69.2 cm³/mol. The molecule has 0 unspecified atom stereocenters. The van der Waals surface area contributed by atoms with Crippen LogP contribution in [0.4, 0.5) is 0 Å². The molecule has 1 aliphatic carbocycles. The van der Waals surface area contributed by atoms with E-state index in [0.29, 0.717) is 6.04 Å². The Labute approximate surface area is 103 Å². The monoisotopic (exact) mass is 279 g/mol. The molecule has 0 saturated heterocycles. The Morgan fingerprint density at radius 2 is 2.12 bits per heavy atom. The van der Waals surface area contributed by atoms with E-state index in [1.165, 1.54) is 33.9 Å². The summed E-state index contributed by atoms with van der Waals surface area (Å²) in [5.74, 6) is 0.930. The van der Waals surface area contributed by atoms with Gasteiger partial charge in [-0.05, 0) is 53.4 Å². The van der Waals surface area contributed by atoms with Gasteiger partial charge < -0.3 is 9.30 Å². The third-order valence-electron chi connectivity index (χ3n) is 3.30. The van der Waals surface area contributed by atoms with Crippen molar-refractivity contribution in [1.82, 2.24) is 4.57 Å². The van der Waals surface area contributed by atoms with Crippen LogP contribution in [0, 0.1) is 6.92 Å². The van der Waals surface area contributed by atoms with E-state index in [2.05, 4.69) is 39.6 Å². The van der Waals surface area contributed by atoms with E-state index in [4.69, 9.17) is 4.74 Å². The minimum absolute atomic E-state index is 0.678. The van der Waals surface area contributed by atoms with Gasteiger partial charge in [-0.25, -0.2) is 0 Å². The number of benzene rings is 1. The number of fused-ring (bicyclic) bond motifs is 1. The minimum Gasteiger partial charge on any atom is -0.497 e. The molecule has 1 heterocycles. The van der Waals surface area contributed by atoms with Crippen LogP contribution >= 0.6 is 15.9 Å². The molecular weight excluding hydrogens is 266 g/mol. The van der Waals surface area contributed by atoms with Crippen molar-refractivity contribution in [3.8, 4) is 5.75 Å². The quantitative estimate of drug-likeness (QED) is 0.809. The highest BCUT2D eigenvalue weighted by molar-refractivity contribution is 9.10. The lowest BCUT2D eigenvalue weighted by atomic mass is 10.2. The van der Waals surface area contributed by atoms with Crippen molar-refractivity contribution < 1.29 is 4.74 Å². The van der Waals surface area contributed by atoms with Gasteiger partial charge in [-0.2, -0.15) is 0 Å². The zero-order valence-corrected chi connectivity index (χ0v) is 11.0. The average molecular weight is 280 g/mol. The molecule has 1 fully saturated rings. The summed E-state index contributed by atoms with van der Waals surface area (Å²) in [7, 11) is 1.72. The van der Waals surface area contributed by atoms with Crippen molar-refractivity contribution in [2.24, 2.45) is 0 Å². The highest BCUT2D eigenvalue weighted by Crippen LogP contribution is 2.43. The molecular formula is C13H14BrNO. The highest BCUT2D eigenvalue weighted by atomic mass is 79.9. The Hall–Kier alpha value is -0.960. The maximum Gasteiger partial charge on any atom is 0.120 e. The van der Waals surface area contributed by atoms with E-state index >= 15 is 0 Å². The van der Waals surface area contributed by atoms with Crippen molar-refractivity contribution in [2.45, 2.75) is 25.8 Å². The molecule has 1 aliphatic rings. The van der Waals surface area contributed by atoms with Gasteiger partial charge in [0.25, 0.3) is 0 Å². The molecule has 3 heteroatoms. The SMILES string of the molecule is COc1ccc2c(C)c(Br)n(C3CC3)c2c1. The van der Waals surface area contributed by atoms with Crippen molar-refractivity contribution in [2.75, 3.05) is 7.11 Å². The van der Waals surface area contributed by atoms with E-state index in [1.807, 2.05) is 6.07 Å². The van der Waals surface area contributed by atoms with Crippen LogP contribution in [0.15, 0.2) is 22.8 Å². The predicted octanol–water partition coefficient (Wildman–Crippen LogP) is 4.06. The van der Waals surface area contributed by atoms with Crippen LogP contribution in [0.1, 0.15) is 24.4 Å². The maximum atomic E-state index is 5.30. The Morgan fingerprint density at radius 3 is 2.75 bits per heavy atom. The molecule has 0 N–H and O–H groups in total. The number of hydrogen-bond acceptors (Lipinski definition) is 1. The summed E-state index contributed by atoms with van der Waals surface area (Å²) in [4.78, 5) is 0. The van der Waals surface area contributed by atoms with Gasteiger partial charge in [0.2, 0.25) is 0 Å². The summed E-state index contributed by atoms with van der Waals surface area (Å²) >= 11 is 3.70. The number of methoxy groups -OCH3 is 1. The number of aromatic nitrogens is 1. The Morgan fingerprint density at radius 1 is 1.38 bits per heavy atom. The van der Waals surface area contributed by atoms with Crippen LogP contribution in [0.3, 0.4) is 0 Å². The van der Waals surface area contributed by atoms with Gasteiger partial charge in [0.1, 0.15) is 5.75 Å². The first-order chi connectivity index (χ1) is 7.72. The fourth-order valence-electron chi connectivity index (χ4n) is 2.24. The Kier molecular flexibility index (Phi) is 2.25. The van der Waals surface area contributed by atoms with Gasteiger partial charge >= 0.3 is 0 Å². The van der Waals surface area contributed by atoms with Crippen molar-refractivity contribution in [3.63, 3.8) is 0 Å². The second-order valence-electron chi connectivity index (χ2n) is 4.40. The number of ether oxygens (including phenoxy) is 1. The largest absolute Gasteiger partial charge is 0.497 e. The van der Waals surface area contributed by atoms with Crippen molar-refractivity contribution in [1.29, 1.82) is 0 Å². The molecule has 0 radical (unpaired) electrons. The van der Waals surface area contributed by atoms with Crippen molar-refractivity contribution in [3.05, 3.63) is 28.4 Å². The maximum absolute atomic E-state index is 5.30. The molecule has 0 spiro atoms. The summed E-state index contributed by atoms with van der Waals surface area (Å²) in [5, 5.41) is 1.32. The molecule has 84 valence electrons. The molecule has 3 rings (SSSR count). The van der Waals surface area contributed by atoms with Gasteiger partial charge in [-0.15, -0.1) is 0 Å². The van der Waals surface area contributed by atoms with E-state index in [0.717, 1.165) is 5.75 Å². The molecule has 1 aromatic carbocycles. The van der Waals surface area contributed by atoms with E-state index in [-0.39, 0.29) is 0 Å². The summed E-state index contributed by atoms with van der Waals surface area (Å²) in [6.07, 6.45) is 2.58. The number of halogens is 1. The molecule has 2 aromatic rings. The molecule has 1 aromatic heterocycles. The normalized spacial score (nSPS) is 15.7. The smallest absolute Gasteiger partial charge is 0.120 e. The molecule has 1 saturated carbocycles. The minimum atomic E-state index is 0.678. The standard InChI is InChI=1S/C13H14BrNO/c1-8-11-6-5-10(16-2)7-12(11)15(13(8)14)9-3-4-9/h5-7,9H,3-4H2,1-2H3. The number of rotatable bonds is 2. The molecule has 0 amide bonds. The second-order valence-corrected chi connectivity index (χ2v) is 5.15. The van der Waals surface area contributed by atoms with E-state index in [9.17, 15) is 0 Å². The fraction of sp³-hybridized carbons (Fsp3) is 0.385. The highest BCUT2D eigenvalue weighted by Gasteiger charge is 2.28. The summed E-state index contributed by atoms with van der Waals surface area (Å²) in [6, 6.07) is 6.98. The molecule has 0 bridgehead atoms. The molecule has 2 nitrogen and oxygen atoms in total. The summed E-state index contributed by atoms with van der Waals surface area (Å²) < 4.78 is 8.91. The fourth-order valence-corrected chi connectivity index (χ4v) is 2.94. The first-order valence-electron chi connectivity index (χ1n) is 5.56. The zero-order chi connectivity index (χ0) is 11.3. The van der Waals surface area contributed by atoms with Crippen LogP contribution in [-0.2, 0) is 0 Å². The first kappa shape index (κ1) is 10.2. The summed E-state index contributed by atoms with van der Waals surface area (Å²) in [5.41, 5.74) is 2.61. The van der Waals surface area contributed by atoms with Crippen LogP contribution in [-0.4, -0.2) is 11.7 Å². The molecule has 0 atom stereocenters. The topological polar surface area (TPSA) is 14.2 Å². The van der Waals surface area contributed by atoms with Gasteiger partial charge in [0, 0.05) is 17.5 Å². The lowest BCUT2D eigenvalue weighted by molar-refractivity contribution is 0.415. The molecule has 16 heavy (non-hydrogen) atoms. The third-order valence-corrected chi connectivity index (χ3v) is 4.28. The van der Waals surface area contributed by atoms with Gasteiger partial charge in [0.05, 0.1) is 17.2 Å². The van der Waals surface area contributed by atoms with E-state index in [1.54, 1.807) is 7.11 Å². The number of nitrogens with zero attached hydrogens (tertiary/aromatic N) is 1. The average Bonchev–Trinajstić information content (AvgIpc) is 3.09. The van der Waals surface area contributed by atoms with Crippen LogP contribution < -0.4 is 4.74 Å². The lowest BCUT2D eigenvalue weighted by Gasteiger charge is -2.06. The Balaban J connectivity index is 2.32. The Bertz CT molecular complexity index is 555. The number of aryl methyl sites for hydroxylation is 1. The zero-order valence-electron chi connectivity index (χ0n) is 9.46. The van der Waals surface area contributed by atoms with Gasteiger partial charge in [0.15, 0.2) is 0 Å². The van der Waals surface area contributed by atoms with Gasteiger partial charge in [-0.1, -0.05) is 0 Å². The van der Waals surface area contributed by atoms with Crippen LogP contribution in [0.5, 0.6) is 5.75 Å². The lowest BCUT2D eigenvalue weighted by Crippen LogP contribution is -1.93. The molecule has 0 aliphatic heterocycles. The van der Waals surface area contributed by atoms with Crippen molar-refractivity contribution >= 4 is 26.8 Å². The number of hydrogen-bond donors (Lipinski definition) is 0. The summed E-state index contributed by atoms with van der Waals surface area (Å²) in [6.45, 7) is 2.16. The first-order valence-corrected chi connectivity index (χ1v) is 6.35.